The number of ether oxygens (including phenoxy) is 1. The molecule has 0 fully saturated rings. The van der Waals surface area contributed by atoms with Crippen LogP contribution >= 0.6 is 27.5 Å². The lowest BCUT2D eigenvalue weighted by molar-refractivity contribution is 0.314. The van der Waals surface area contributed by atoms with E-state index in [1.165, 1.54) is 19.3 Å². The van der Waals surface area contributed by atoms with Gasteiger partial charge < -0.3 is 10.1 Å². The molecule has 0 saturated carbocycles. The zero-order valence-corrected chi connectivity index (χ0v) is 12.5. The molecular weight excluding hydrogens is 302 g/mol. The third-order valence-corrected chi connectivity index (χ3v) is 3.18. The molecule has 0 unspecified atom stereocenters. The van der Waals surface area contributed by atoms with E-state index in [4.69, 9.17) is 16.3 Å². The van der Waals surface area contributed by atoms with Gasteiger partial charge in [0.15, 0.2) is 0 Å². The lowest BCUT2D eigenvalue weighted by atomic mass is 10.2. The molecule has 0 heterocycles. The van der Waals surface area contributed by atoms with Crippen molar-refractivity contribution in [1.29, 1.82) is 0 Å². The number of hydrogen-bond acceptors (Lipinski definition) is 2. The number of unbranched alkanes of at least 4 members (excludes halogenated alkanes) is 2. The molecule has 1 aromatic rings. The minimum absolute atomic E-state index is 0.644. The molecule has 17 heavy (non-hydrogen) atoms. The van der Waals surface area contributed by atoms with Crippen LogP contribution in [0, 0.1) is 0 Å². The zero-order chi connectivity index (χ0) is 12.5. The van der Waals surface area contributed by atoms with Crippen molar-refractivity contribution in [3.05, 3.63) is 27.7 Å². The maximum Gasteiger partial charge on any atom is 0.138 e. The van der Waals surface area contributed by atoms with Crippen LogP contribution in [0.25, 0.3) is 0 Å². The Hall–Kier alpha value is -0.250. The number of nitrogens with one attached hydrogen (secondary N) is 1. The standard InChI is InChI=1S/C13H19BrClNO/c1-2-3-4-7-16-8-9-17-13-6-5-11(14)10-12(13)15/h5-6,10,16H,2-4,7-9H2,1H3. The van der Waals surface area contributed by atoms with E-state index in [-0.39, 0.29) is 0 Å². The third-order valence-electron chi connectivity index (χ3n) is 2.39. The fraction of sp³-hybridized carbons (Fsp3) is 0.538. The van der Waals surface area contributed by atoms with Gasteiger partial charge in [-0.25, -0.2) is 0 Å². The molecule has 96 valence electrons. The van der Waals surface area contributed by atoms with Crippen LogP contribution < -0.4 is 10.1 Å². The molecule has 0 aliphatic carbocycles. The Labute approximate surface area is 117 Å². The molecule has 0 spiro atoms. The first-order valence-corrected chi connectivity index (χ1v) is 7.19. The maximum atomic E-state index is 6.04. The number of benzene rings is 1. The quantitative estimate of drug-likeness (QED) is 0.723. The van der Waals surface area contributed by atoms with Crippen LogP contribution in [0.1, 0.15) is 26.2 Å². The summed E-state index contributed by atoms with van der Waals surface area (Å²) >= 11 is 9.40. The second-order valence-corrected chi connectivity index (χ2v) is 5.20. The van der Waals surface area contributed by atoms with Crippen LogP contribution in [0.4, 0.5) is 0 Å². The van der Waals surface area contributed by atoms with Gasteiger partial charge in [0.1, 0.15) is 12.4 Å². The average Bonchev–Trinajstić information content (AvgIpc) is 2.30. The van der Waals surface area contributed by atoms with E-state index in [9.17, 15) is 0 Å². The smallest absolute Gasteiger partial charge is 0.138 e. The summed E-state index contributed by atoms with van der Waals surface area (Å²) in [4.78, 5) is 0. The first-order chi connectivity index (χ1) is 8.24. The summed E-state index contributed by atoms with van der Waals surface area (Å²) < 4.78 is 6.55. The highest BCUT2D eigenvalue weighted by atomic mass is 79.9. The molecule has 0 aromatic heterocycles. The molecule has 1 N–H and O–H groups in total. The normalized spacial score (nSPS) is 10.5. The fourth-order valence-electron chi connectivity index (χ4n) is 1.45. The van der Waals surface area contributed by atoms with Crippen LogP contribution in [-0.4, -0.2) is 19.7 Å². The van der Waals surface area contributed by atoms with Gasteiger partial charge in [-0.3, -0.25) is 0 Å². The molecule has 0 saturated heterocycles. The molecular formula is C13H19BrClNO. The lowest BCUT2D eigenvalue weighted by Crippen LogP contribution is -2.22. The van der Waals surface area contributed by atoms with Crippen molar-refractivity contribution in [2.75, 3.05) is 19.7 Å². The van der Waals surface area contributed by atoms with Gasteiger partial charge in [-0.2, -0.15) is 0 Å². The first-order valence-electron chi connectivity index (χ1n) is 6.02. The topological polar surface area (TPSA) is 21.3 Å². The Morgan fingerprint density at radius 2 is 2.12 bits per heavy atom. The Morgan fingerprint density at radius 3 is 2.82 bits per heavy atom. The van der Waals surface area contributed by atoms with Gasteiger partial charge in [0.05, 0.1) is 5.02 Å². The second kappa shape index (κ2) is 8.78. The largest absolute Gasteiger partial charge is 0.491 e. The molecule has 0 radical (unpaired) electrons. The van der Waals surface area contributed by atoms with Crippen molar-refractivity contribution in [1.82, 2.24) is 5.32 Å². The van der Waals surface area contributed by atoms with Gasteiger partial charge >= 0.3 is 0 Å². The van der Waals surface area contributed by atoms with Crippen LogP contribution in [-0.2, 0) is 0 Å². The van der Waals surface area contributed by atoms with Crippen molar-refractivity contribution in [2.24, 2.45) is 0 Å². The summed E-state index contributed by atoms with van der Waals surface area (Å²) in [5.41, 5.74) is 0. The highest BCUT2D eigenvalue weighted by molar-refractivity contribution is 9.10. The predicted octanol–water partition coefficient (Wildman–Crippen LogP) is 4.26. The highest BCUT2D eigenvalue weighted by Crippen LogP contribution is 2.27. The number of halogens is 2. The Bertz CT molecular complexity index is 333. The van der Waals surface area contributed by atoms with Crippen LogP contribution in [0.3, 0.4) is 0 Å². The monoisotopic (exact) mass is 319 g/mol. The van der Waals surface area contributed by atoms with Gasteiger partial charge in [-0.05, 0) is 31.2 Å². The molecule has 0 amide bonds. The molecule has 0 aliphatic rings. The van der Waals surface area contributed by atoms with E-state index in [1.807, 2.05) is 18.2 Å². The van der Waals surface area contributed by atoms with Gasteiger partial charge in [0.25, 0.3) is 0 Å². The van der Waals surface area contributed by atoms with E-state index < -0.39 is 0 Å². The van der Waals surface area contributed by atoms with E-state index >= 15 is 0 Å². The average molecular weight is 321 g/mol. The van der Waals surface area contributed by atoms with Crippen LogP contribution in [0.15, 0.2) is 22.7 Å². The molecule has 0 aliphatic heterocycles. The van der Waals surface area contributed by atoms with Crippen molar-refractivity contribution in [2.45, 2.75) is 26.2 Å². The van der Waals surface area contributed by atoms with Crippen molar-refractivity contribution in [3.8, 4) is 5.75 Å². The molecule has 0 atom stereocenters. The van der Waals surface area contributed by atoms with Gasteiger partial charge in [-0.1, -0.05) is 47.3 Å². The molecule has 4 heteroatoms. The number of rotatable bonds is 8. The zero-order valence-electron chi connectivity index (χ0n) is 10.1. The highest BCUT2D eigenvalue weighted by Gasteiger charge is 2.01. The molecule has 0 bridgehead atoms. The summed E-state index contributed by atoms with van der Waals surface area (Å²) in [7, 11) is 0. The summed E-state index contributed by atoms with van der Waals surface area (Å²) in [6, 6.07) is 5.64. The summed E-state index contributed by atoms with van der Waals surface area (Å²) in [5.74, 6) is 0.741. The minimum atomic E-state index is 0.644. The van der Waals surface area contributed by atoms with Crippen LogP contribution in [0.2, 0.25) is 5.02 Å². The minimum Gasteiger partial charge on any atom is -0.491 e. The Morgan fingerprint density at radius 1 is 1.29 bits per heavy atom. The van der Waals surface area contributed by atoms with Crippen molar-refractivity contribution in [3.63, 3.8) is 0 Å². The Kier molecular flexibility index (Phi) is 7.65. The third kappa shape index (κ3) is 6.29. The summed E-state index contributed by atoms with van der Waals surface area (Å²) in [6.07, 6.45) is 3.77. The van der Waals surface area contributed by atoms with E-state index in [1.54, 1.807) is 0 Å². The fourth-order valence-corrected chi connectivity index (χ4v) is 2.18. The van der Waals surface area contributed by atoms with Crippen molar-refractivity contribution >= 4 is 27.5 Å². The Balaban J connectivity index is 2.14. The van der Waals surface area contributed by atoms with E-state index in [0.29, 0.717) is 11.6 Å². The summed E-state index contributed by atoms with van der Waals surface area (Å²) in [5, 5.41) is 3.99. The first kappa shape index (κ1) is 14.8. The second-order valence-electron chi connectivity index (χ2n) is 3.88. The summed E-state index contributed by atoms with van der Waals surface area (Å²) in [6.45, 7) is 4.77. The lowest BCUT2D eigenvalue weighted by Gasteiger charge is -2.09. The van der Waals surface area contributed by atoms with Crippen LogP contribution in [0.5, 0.6) is 5.75 Å². The SMILES string of the molecule is CCCCCNCCOc1ccc(Br)cc1Cl. The molecule has 1 aromatic carbocycles. The van der Waals surface area contributed by atoms with E-state index in [2.05, 4.69) is 28.2 Å². The van der Waals surface area contributed by atoms with E-state index in [0.717, 1.165) is 23.3 Å². The van der Waals surface area contributed by atoms with Gasteiger partial charge in [0.2, 0.25) is 0 Å². The number of hydrogen-bond donors (Lipinski definition) is 1. The molecule has 2 nitrogen and oxygen atoms in total. The predicted molar refractivity (Wildman–Crippen MR) is 77.0 cm³/mol. The van der Waals surface area contributed by atoms with Gasteiger partial charge in [0, 0.05) is 11.0 Å². The molecule has 1 rings (SSSR count). The maximum absolute atomic E-state index is 6.04. The van der Waals surface area contributed by atoms with Crippen molar-refractivity contribution < 1.29 is 4.74 Å². The van der Waals surface area contributed by atoms with Gasteiger partial charge in [-0.15, -0.1) is 0 Å².